The number of carboxylic acid groups (broad SMARTS) is 1. The van der Waals surface area contributed by atoms with Gasteiger partial charge in [0.25, 0.3) is 0 Å². The minimum absolute atomic E-state index is 0.274. The topological polar surface area (TPSA) is 204 Å². The highest BCUT2D eigenvalue weighted by Gasteiger charge is 2.52. The lowest BCUT2D eigenvalue weighted by molar-refractivity contribution is -0.386. The summed E-state index contributed by atoms with van der Waals surface area (Å²) in [7, 11) is 1.16. The fourth-order valence-corrected chi connectivity index (χ4v) is 3.83. The summed E-state index contributed by atoms with van der Waals surface area (Å²) >= 11 is 0. The minimum atomic E-state index is -1.60. The third kappa shape index (κ3) is 5.02. The lowest BCUT2D eigenvalue weighted by atomic mass is 9.80. The van der Waals surface area contributed by atoms with Crippen molar-refractivity contribution in [2.45, 2.75) is 68.4 Å². The van der Waals surface area contributed by atoms with Crippen molar-refractivity contribution >= 4 is 11.9 Å². The smallest absolute Gasteiger partial charge is 0.335 e. The van der Waals surface area contributed by atoms with Crippen LogP contribution in [0.3, 0.4) is 0 Å². The second kappa shape index (κ2) is 10.1. The zero-order chi connectivity index (χ0) is 21.9. The first kappa shape index (κ1) is 23.9. The molecule has 7 N–H and O–H groups in total. The molecule has 10 unspecified atom stereocenters. The fraction of sp³-hybridized carbons (Fsp3) is 0.875. The number of aliphatic carboxylic acids is 1. The van der Waals surface area contributed by atoms with Crippen LogP contribution in [0, 0.1) is 5.92 Å². The molecule has 10 atom stereocenters. The molecule has 2 aliphatic rings. The van der Waals surface area contributed by atoms with E-state index in [0.717, 1.165) is 7.11 Å². The van der Waals surface area contributed by atoms with E-state index >= 15 is 0 Å². The first-order valence-corrected chi connectivity index (χ1v) is 8.95. The zero-order valence-electron chi connectivity index (χ0n) is 15.8. The molecular weight excluding hydrogens is 398 g/mol. The van der Waals surface area contributed by atoms with E-state index < -0.39 is 79.5 Å². The van der Waals surface area contributed by atoms with Gasteiger partial charge in [0, 0.05) is 20.0 Å². The molecule has 0 saturated carbocycles. The average Bonchev–Trinajstić information content (AvgIpc) is 2.67. The van der Waals surface area contributed by atoms with Gasteiger partial charge in [-0.3, -0.25) is 4.79 Å². The molecule has 2 saturated heterocycles. The molecule has 2 rings (SSSR count). The molecule has 0 aliphatic carbocycles. The third-order valence-electron chi connectivity index (χ3n) is 5.24. The van der Waals surface area contributed by atoms with Crippen molar-refractivity contribution in [3.8, 4) is 0 Å². The van der Waals surface area contributed by atoms with Crippen molar-refractivity contribution in [2.75, 3.05) is 13.7 Å². The monoisotopic (exact) mass is 425 g/mol. The van der Waals surface area contributed by atoms with E-state index in [0.29, 0.717) is 0 Å². The summed E-state index contributed by atoms with van der Waals surface area (Å²) in [5.74, 6) is -2.99. The van der Waals surface area contributed by atoms with Crippen LogP contribution in [-0.4, -0.2) is 111 Å². The molecule has 1 amide bonds. The Kier molecular flexibility index (Phi) is 8.28. The van der Waals surface area contributed by atoms with Crippen molar-refractivity contribution in [3.05, 3.63) is 0 Å². The van der Waals surface area contributed by atoms with E-state index in [2.05, 4.69) is 10.2 Å². The van der Waals surface area contributed by atoms with Gasteiger partial charge in [-0.15, -0.1) is 0 Å². The largest absolute Gasteiger partial charge is 0.479 e. The van der Waals surface area contributed by atoms with E-state index in [-0.39, 0.29) is 6.42 Å². The van der Waals surface area contributed by atoms with E-state index in [1.165, 1.54) is 6.92 Å². The molecule has 0 aromatic heterocycles. The maximum Gasteiger partial charge on any atom is 0.335 e. The first-order chi connectivity index (χ1) is 13.7. The number of carboxylic acids is 1. The number of hydrogen-bond acceptors (Lipinski definition) is 11. The number of nitrogens with one attached hydrogen (secondary N) is 1. The van der Waals surface area contributed by atoms with Crippen molar-refractivity contribution in [1.82, 2.24) is 5.32 Å². The number of aliphatic hydroxyl groups is 4. The molecule has 2 heterocycles. The summed E-state index contributed by atoms with van der Waals surface area (Å²) in [4.78, 5) is 27.3. The summed E-state index contributed by atoms with van der Waals surface area (Å²) in [6.07, 6.45) is -11.7. The number of aliphatic hydroxyl groups excluding tert-OH is 4. The van der Waals surface area contributed by atoms with Gasteiger partial charge in [-0.2, -0.15) is 0 Å². The van der Waals surface area contributed by atoms with Gasteiger partial charge in [0.2, 0.25) is 12.2 Å². The molecule has 0 aromatic rings. The lowest BCUT2D eigenvalue weighted by Gasteiger charge is -2.46. The van der Waals surface area contributed by atoms with Gasteiger partial charge in [-0.05, 0) is 6.42 Å². The molecule has 168 valence electrons. The van der Waals surface area contributed by atoms with Gasteiger partial charge in [0.05, 0.1) is 24.9 Å². The van der Waals surface area contributed by atoms with Gasteiger partial charge in [0.1, 0.15) is 24.4 Å². The van der Waals surface area contributed by atoms with E-state index in [4.69, 9.17) is 19.5 Å². The van der Waals surface area contributed by atoms with Crippen molar-refractivity contribution < 1.29 is 59.5 Å². The zero-order valence-corrected chi connectivity index (χ0v) is 15.8. The number of ether oxygens (including phenoxy) is 3. The first-order valence-electron chi connectivity index (χ1n) is 8.95. The summed E-state index contributed by atoms with van der Waals surface area (Å²) in [6.45, 7) is 0.528. The van der Waals surface area contributed by atoms with Crippen LogP contribution in [0.5, 0.6) is 0 Å². The predicted molar refractivity (Wildman–Crippen MR) is 90.3 cm³/mol. The van der Waals surface area contributed by atoms with E-state index in [1.807, 2.05) is 0 Å². The molecule has 13 nitrogen and oxygen atoms in total. The Morgan fingerprint density at radius 1 is 1.07 bits per heavy atom. The fourth-order valence-electron chi connectivity index (χ4n) is 3.83. The maximum atomic E-state index is 11.6. The van der Waals surface area contributed by atoms with Crippen LogP contribution in [0.15, 0.2) is 0 Å². The highest BCUT2D eigenvalue weighted by atomic mass is 17.1. The Labute approximate surface area is 165 Å². The molecule has 2 fully saturated rings. The van der Waals surface area contributed by atoms with Gasteiger partial charge in [-0.25, -0.2) is 14.9 Å². The number of carbonyl (C=O) groups excluding carboxylic acids is 1. The normalized spacial score (nSPS) is 43.0. The third-order valence-corrected chi connectivity index (χ3v) is 5.24. The molecule has 0 radical (unpaired) electrons. The Morgan fingerprint density at radius 3 is 2.21 bits per heavy atom. The number of carbonyl (C=O) groups is 2. The second-order valence-electron chi connectivity index (χ2n) is 7.06. The van der Waals surface area contributed by atoms with Crippen LogP contribution < -0.4 is 5.32 Å². The van der Waals surface area contributed by atoms with Crippen LogP contribution in [0.1, 0.15) is 13.3 Å². The molecule has 13 heteroatoms. The highest BCUT2D eigenvalue weighted by molar-refractivity contribution is 5.73. The van der Waals surface area contributed by atoms with Crippen LogP contribution in [0.25, 0.3) is 0 Å². The predicted octanol–water partition coefficient (Wildman–Crippen LogP) is -3.35. The number of amides is 1. The van der Waals surface area contributed by atoms with Crippen LogP contribution in [0.4, 0.5) is 0 Å². The quantitative estimate of drug-likeness (QED) is 0.158. The second-order valence-corrected chi connectivity index (χ2v) is 7.06. The summed E-state index contributed by atoms with van der Waals surface area (Å²) in [5.41, 5.74) is 0. The van der Waals surface area contributed by atoms with Crippen LogP contribution in [0.2, 0.25) is 0 Å². The molecule has 0 aromatic carbocycles. The standard InChI is InChI=1S/C16H27NO12/c1-5(19)17-9-6(10(20)8(4-18)28-16(9)29-25)3-7-11(21)12(22)13(26-2)14(27-7)15(23)24/h6-14,16,18,20-22,25H,3-4H2,1-2H3,(H,17,19)(H,23,24). The lowest BCUT2D eigenvalue weighted by Crippen LogP contribution is -2.65. The Balaban J connectivity index is 2.30. The Hall–Kier alpha value is -1.42. The number of methoxy groups -OCH3 is 1. The van der Waals surface area contributed by atoms with Crippen molar-refractivity contribution in [2.24, 2.45) is 5.92 Å². The maximum absolute atomic E-state index is 11.6. The molecular formula is C16H27NO12. The summed E-state index contributed by atoms with van der Waals surface area (Å²) in [5, 5.41) is 61.5. The van der Waals surface area contributed by atoms with E-state index in [1.54, 1.807) is 0 Å². The summed E-state index contributed by atoms with van der Waals surface area (Å²) in [6, 6.07) is -1.13. The van der Waals surface area contributed by atoms with Gasteiger partial charge >= 0.3 is 5.97 Å². The number of rotatable bonds is 7. The molecule has 0 bridgehead atoms. The van der Waals surface area contributed by atoms with Crippen molar-refractivity contribution in [1.29, 1.82) is 0 Å². The average molecular weight is 425 g/mol. The van der Waals surface area contributed by atoms with Gasteiger partial charge in [-0.1, -0.05) is 0 Å². The SMILES string of the molecule is COC1C(C(=O)O)OC(CC2C(O)C(CO)OC(OO)C2NC(C)=O)C(O)C1O. The van der Waals surface area contributed by atoms with Crippen LogP contribution >= 0.6 is 0 Å². The highest BCUT2D eigenvalue weighted by Crippen LogP contribution is 2.34. The van der Waals surface area contributed by atoms with E-state index in [9.17, 15) is 35.1 Å². The number of hydrogen-bond donors (Lipinski definition) is 7. The van der Waals surface area contributed by atoms with Gasteiger partial charge in [0.15, 0.2) is 6.10 Å². The van der Waals surface area contributed by atoms with Crippen LogP contribution in [-0.2, 0) is 28.7 Å². The Bertz CT molecular complexity index is 576. The van der Waals surface area contributed by atoms with Gasteiger partial charge < -0.3 is 45.1 Å². The molecule has 29 heavy (non-hydrogen) atoms. The summed E-state index contributed by atoms with van der Waals surface area (Å²) < 4.78 is 15.6. The molecule has 2 aliphatic heterocycles. The minimum Gasteiger partial charge on any atom is -0.479 e. The molecule has 0 spiro atoms. The van der Waals surface area contributed by atoms with Crippen molar-refractivity contribution in [3.63, 3.8) is 0 Å². The Morgan fingerprint density at radius 2 is 1.72 bits per heavy atom.